The van der Waals surface area contributed by atoms with Crippen LogP contribution in [0.2, 0.25) is 0 Å². The van der Waals surface area contributed by atoms with E-state index in [1.807, 2.05) is 45.2 Å². The minimum absolute atomic E-state index is 0.223. The van der Waals surface area contributed by atoms with Crippen molar-refractivity contribution in [2.75, 3.05) is 20.1 Å². The van der Waals surface area contributed by atoms with Gasteiger partial charge in [0, 0.05) is 37.4 Å². The molecule has 118 valence electrons. The minimum Gasteiger partial charge on any atom is -0.368 e. The first kappa shape index (κ1) is 17.6. The third kappa shape index (κ3) is 6.23. The van der Waals surface area contributed by atoms with Crippen LogP contribution in [0, 0.1) is 0 Å². The van der Waals surface area contributed by atoms with Gasteiger partial charge in [0.2, 0.25) is 5.91 Å². The minimum atomic E-state index is -0.659. The SMILES string of the molecule is CC(C)NC(C)(CCN(C)CCc1ccccn1)C(N)=O. The third-order valence-electron chi connectivity index (χ3n) is 3.62. The molecule has 1 atom stereocenters. The zero-order chi connectivity index (χ0) is 15.9. The molecular weight excluding hydrogens is 264 g/mol. The van der Waals surface area contributed by atoms with Gasteiger partial charge in [-0.05, 0) is 46.4 Å². The first-order valence-electron chi connectivity index (χ1n) is 7.49. The number of rotatable bonds is 9. The summed E-state index contributed by atoms with van der Waals surface area (Å²) < 4.78 is 0. The number of primary amides is 1. The van der Waals surface area contributed by atoms with Crippen LogP contribution in [0.25, 0.3) is 0 Å². The number of nitrogens with one attached hydrogen (secondary N) is 1. The van der Waals surface area contributed by atoms with Crippen LogP contribution in [0.15, 0.2) is 24.4 Å². The average molecular weight is 292 g/mol. The molecule has 0 fully saturated rings. The summed E-state index contributed by atoms with van der Waals surface area (Å²) in [6.07, 6.45) is 3.41. The molecule has 0 bridgehead atoms. The molecule has 5 heteroatoms. The Labute approximate surface area is 127 Å². The second-order valence-corrected chi connectivity index (χ2v) is 6.12. The maximum Gasteiger partial charge on any atom is 0.237 e. The van der Waals surface area contributed by atoms with Crippen molar-refractivity contribution < 1.29 is 4.79 Å². The molecule has 1 heterocycles. The van der Waals surface area contributed by atoms with E-state index in [0.29, 0.717) is 6.42 Å². The fraction of sp³-hybridized carbons (Fsp3) is 0.625. The number of carbonyl (C=O) groups is 1. The second kappa shape index (κ2) is 8.10. The standard InChI is InChI=1S/C16H28N4O/c1-13(2)19-16(3,15(17)21)9-12-20(4)11-8-14-7-5-6-10-18-14/h5-7,10,13,19H,8-9,11-12H2,1-4H3,(H2,17,21). The Balaban J connectivity index is 2.43. The number of aromatic nitrogens is 1. The zero-order valence-corrected chi connectivity index (χ0v) is 13.6. The fourth-order valence-corrected chi connectivity index (χ4v) is 2.28. The Morgan fingerprint density at radius 3 is 2.67 bits per heavy atom. The number of pyridine rings is 1. The quantitative estimate of drug-likeness (QED) is 0.717. The molecule has 5 nitrogen and oxygen atoms in total. The van der Waals surface area contributed by atoms with Crippen molar-refractivity contribution in [1.29, 1.82) is 0 Å². The molecule has 1 unspecified atom stereocenters. The predicted octanol–water partition coefficient (Wildman–Crippen LogP) is 1.19. The summed E-state index contributed by atoms with van der Waals surface area (Å²) in [5.41, 5.74) is 5.97. The van der Waals surface area contributed by atoms with E-state index < -0.39 is 5.54 Å². The van der Waals surface area contributed by atoms with E-state index in [9.17, 15) is 4.79 Å². The summed E-state index contributed by atoms with van der Waals surface area (Å²) in [4.78, 5) is 18.2. The normalized spacial score (nSPS) is 14.4. The number of amides is 1. The molecule has 3 N–H and O–H groups in total. The smallest absolute Gasteiger partial charge is 0.237 e. The van der Waals surface area contributed by atoms with Gasteiger partial charge in [0.1, 0.15) is 0 Å². The molecule has 0 aliphatic rings. The third-order valence-corrected chi connectivity index (χ3v) is 3.62. The Morgan fingerprint density at radius 2 is 2.14 bits per heavy atom. The topological polar surface area (TPSA) is 71.2 Å². The monoisotopic (exact) mass is 292 g/mol. The largest absolute Gasteiger partial charge is 0.368 e. The van der Waals surface area contributed by atoms with Gasteiger partial charge in [0.05, 0.1) is 5.54 Å². The highest BCUT2D eigenvalue weighted by Gasteiger charge is 2.31. The molecule has 0 saturated heterocycles. The average Bonchev–Trinajstić information content (AvgIpc) is 2.43. The van der Waals surface area contributed by atoms with Crippen molar-refractivity contribution >= 4 is 5.91 Å². The van der Waals surface area contributed by atoms with E-state index in [1.165, 1.54) is 0 Å². The molecule has 0 spiro atoms. The molecule has 21 heavy (non-hydrogen) atoms. The maximum atomic E-state index is 11.7. The first-order chi connectivity index (χ1) is 9.83. The number of hydrogen-bond acceptors (Lipinski definition) is 4. The molecule has 1 amide bonds. The van der Waals surface area contributed by atoms with Gasteiger partial charge in [-0.2, -0.15) is 0 Å². The number of nitrogens with two attached hydrogens (primary N) is 1. The maximum absolute atomic E-state index is 11.7. The van der Waals surface area contributed by atoms with E-state index in [2.05, 4.69) is 22.2 Å². The number of nitrogens with zero attached hydrogens (tertiary/aromatic N) is 2. The van der Waals surface area contributed by atoms with Crippen molar-refractivity contribution in [3.05, 3.63) is 30.1 Å². The lowest BCUT2D eigenvalue weighted by Gasteiger charge is -2.31. The highest BCUT2D eigenvalue weighted by atomic mass is 16.1. The van der Waals surface area contributed by atoms with Crippen LogP contribution >= 0.6 is 0 Å². The summed E-state index contributed by atoms with van der Waals surface area (Å²) in [5, 5.41) is 3.27. The van der Waals surface area contributed by atoms with Crippen LogP contribution in [0.1, 0.15) is 32.9 Å². The van der Waals surface area contributed by atoms with Crippen LogP contribution in [-0.2, 0) is 11.2 Å². The van der Waals surface area contributed by atoms with Gasteiger partial charge in [-0.25, -0.2) is 0 Å². The van der Waals surface area contributed by atoms with E-state index in [1.54, 1.807) is 0 Å². The fourth-order valence-electron chi connectivity index (χ4n) is 2.28. The van der Waals surface area contributed by atoms with Crippen LogP contribution in [0.5, 0.6) is 0 Å². The Hall–Kier alpha value is -1.46. The Bertz CT molecular complexity index is 435. The van der Waals surface area contributed by atoms with Crippen molar-refractivity contribution in [2.24, 2.45) is 5.73 Å². The van der Waals surface area contributed by atoms with E-state index in [-0.39, 0.29) is 11.9 Å². The van der Waals surface area contributed by atoms with Gasteiger partial charge in [-0.15, -0.1) is 0 Å². The molecule has 1 aromatic heterocycles. The summed E-state index contributed by atoms with van der Waals surface area (Å²) in [6, 6.07) is 6.17. The van der Waals surface area contributed by atoms with E-state index in [0.717, 1.165) is 25.2 Å². The predicted molar refractivity (Wildman–Crippen MR) is 85.9 cm³/mol. The molecule has 0 aromatic carbocycles. The molecule has 0 saturated carbocycles. The Kier molecular flexibility index (Phi) is 6.78. The highest BCUT2D eigenvalue weighted by molar-refractivity contribution is 5.84. The molecular formula is C16H28N4O. The van der Waals surface area contributed by atoms with Gasteiger partial charge in [0.25, 0.3) is 0 Å². The number of carbonyl (C=O) groups excluding carboxylic acids is 1. The number of likely N-dealkylation sites (N-methyl/N-ethyl adjacent to an activating group) is 1. The second-order valence-electron chi connectivity index (χ2n) is 6.12. The lowest BCUT2D eigenvalue weighted by Crippen LogP contribution is -2.56. The van der Waals surface area contributed by atoms with Gasteiger partial charge >= 0.3 is 0 Å². The summed E-state index contributed by atoms with van der Waals surface area (Å²) >= 11 is 0. The van der Waals surface area contributed by atoms with E-state index >= 15 is 0 Å². The van der Waals surface area contributed by atoms with Crippen LogP contribution in [0.3, 0.4) is 0 Å². The van der Waals surface area contributed by atoms with Crippen molar-refractivity contribution in [1.82, 2.24) is 15.2 Å². The molecule has 0 aliphatic heterocycles. The molecule has 0 radical (unpaired) electrons. The van der Waals surface area contributed by atoms with Crippen LogP contribution in [-0.4, -0.2) is 47.5 Å². The van der Waals surface area contributed by atoms with Gasteiger partial charge < -0.3 is 16.0 Å². The summed E-state index contributed by atoms with van der Waals surface area (Å²) in [6.45, 7) is 7.64. The van der Waals surface area contributed by atoms with Crippen molar-refractivity contribution in [2.45, 2.75) is 45.2 Å². The van der Waals surface area contributed by atoms with Gasteiger partial charge in [0.15, 0.2) is 0 Å². The van der Waals surface area contributed by atoms with Crippen LogP contribution in [0.4, 0.5) is 0 Å². The zero-order valence-electron chi connectivity index (χ0n) is 13.6. The highest BCUT2D eigenvalue weighted by Crippen LogP contribution is 2.11. The van der Waals surface area contributed by atoms with E-state index in [4.69, 9.17) is 5.73 Å². The molecule has 1 rings (SSSR count). The molecule has 0 aliphatic carbocycles. The Morgan fingerprint density at radius 1 is 1.43 bits per heavy atom. The first-order valence-corrected chi connectivity index (χ1v) is 7.49. The summed E-state index contributed by atoms with van der Waals surface area (Å²) in [5.74, 6) is -0.297. The van der Waals surface area contributed by atoms with Crippen LogP contribution < -0.4 is 11.1 Å². The van der Waals surface area contributed by atoms with Gasteiger partial charge in [-0.3, -0.25) is 9.78 Å². The lowest BCUT2D eigenvalue weighted by atomic mass is 9.95. The van der Waals surface area contributed by atoms with Gasteiger partial charge in [-0.1, -0.05) is 6.07 Å². The molecule has 1 aromatic rings. The lowest BCUT2D eigenvalue weighted by molar-refractivity contribution is -0.124. The summed E-state index contributed by atoms with van der Waals surface area (Å²) in [7, 11) is 2.06. The van der Waals surface area contributed by atoms with Crippen molar-refractivity contribution in [3.8, 4) is 0 Å². The number of hydrogen-bond donors (Lipinski definition) is 2. The van der Waals surface area contributed by atoms with Crippen molar-refractivity contribution in [3.63, 3.8) is 0 Å².